The van der Waals surface area contributed by atoms with E-state index in [9.17, 15) is 4.79 Å². The van der Waals surface area contributed by atoms with Crippen molar-refractivity contribution in [2.45, 2.75) is 19.4 Å². The van der Waals surface area contributed by atoms with E-state index in [1.165, 1.54) is 0 Å². The van der Waals surface area contributed by atoms with E-state index in [1.807, 2.05) is 6.20 Å². The van der Waals surface area contributed by atoms with E-state index in [2.05, 4.69) is 15.7 Å². The van der Waals surface area contributed by atoms with Gasteiger partial charge < -0.3 is 15.4 Å². The van der Waals surface area contributed by atoms with Crippen LogP contribution in [0.2, 0.25) is 0 Å². The van der Waals surface area contributed by atoms with Gasteiger partial charge in [-0.05, 0) is 19.4 Å². The zero-order valence-electron chi connectivity index (χ0n) is 11.1. The molecule has 0 spiro atoms. The van der Waals surface area contributed by atoms with Crippen molar-refractivity contribution in [3.05, 3.63) is 12.4 Å². The molecule has 19 heavy (non-hydrogen) atoms. The molecule has 7 heteroatoms. The zero-order valence-corrected chi connectivity index (χ0v) is 11.9. The average Bonchev–Trinajstić information content (AvgIpc) is 2.85. The Morgan fingerprint density at radius 2 is 2.53 bits per heavy atom. The van der Waals surface area contributed by atoms with Gasteiger partial charge in [0.15, 0.2) is 0 Å². The van der Waals surface area contributed by atoms with Crippen LogP contribution in [0, 0.1) is 5.92 Å². The third kappa shape index (κ3) is 4.81. The van der Waals surface area contributed by atoms with Crippen LogP contribution in [0.4, 0.5) is 5.69 Å². The molecule has 2 rings (SSSR count). The van der Waals surface area contributed by atoms with Gasteiger partial charge in [0.25, 0.3) is 0 Å². The fourth-order valence-electron chi connectivity index (χ4n) is 2.06. The van der Waals surface area contributed by atoms with Crippen molar-refractivity contribution < 1.29 is 9.53 Å². The van der Waals surface area contributed by atoms with Gasteiger partial charge in [-0.1, -0.05) is 0 Å². The molecule has 0 bridgehead atoms. The molecule has 0 aliphatic carbocycles. The molecule has 1 unspecified atom stereocenters. The minimum Gasteiger partial charge on any atom is -0.383 e. The molecule has 0 aromatic carbocycles. The van der Waals surface area contributed by atoms with E-state index in [-0.39, 0.29) is 24.2 Å². The summed E-state index contributed by atoms with van der Waals surface area (Å²) in [6, 6.07) is 0. The van der Waals surface area contributed by atoms with E-state index in [0.29, 0.717) is 13.2 Å². The van der Waals surface area contributed by atoms with E-state index in [1.54, 1.807) is 18.0 Å². The molecule has 1 aliphatic rings. The summed E-state index contributed by atoms with van der Waals surface area (Å²) in [5.41, 5.74) is 0.752. The van der Waals surface area contributed by atoms with Crippen LogP contribution in [0.1, 0.15) is 12.8 Å². The van der Waals surface area contributed by atoms with Crippen LogP contribution < -0.4 is 10.6 Å². The summed E-state index contributed by atoms with van der Waals surface area (Å²) < 4.78 is 6.74. The van der Waals surface area contributed by atoms with Crippen LogP contribution in [0.5, 0.6) is 0 Å². The maximum atomic E-state index is 12.0. The minimum absolute atomic E-state index is 0. The van der Waals surface area contributed by atoms with E-state index < -0.39 is 0 Å². The monoisotopic (exact) mass is 288 g/mol. The SMILES string of the molecule is COCCn1cc(NC(=O)C2CCCNC2)cn1.Cl. The zero-order chi connectivity index (χ0) is 12.8. The lowest BCUT2D eigenvalue weighted by Gasteiger charge is -2.21. The number of nitrogens with one attached hydrogen (secondary N) is 2. The van der Waals surface area contributed by atoms with Crippen LogP contribution in [0.3, 0.4) is 0 Å². The summed E-state index contributed by atoms with van der Waals surface area (Å²) in [5, 5.41) is 10.3. The highest BCUT2D eigenvalue weighted by atomic mass is 35.5. The second-order valence-electron chi connectivity index (χ2n) is 4.52. The quantitative estimate of drug-likeness (QED) is 0.844. The molecule has 1 aromatic heterocycles. The van der Waals surface area contributed by atoms with Gasteiger partial charge in [0.2, 0.25) is 5.91 Å². The maximum Gasteiger partial charge on any atom is 0.228 e. The summed E-state index contributed by atoms with van der Waals surface area (Å²) in [6.07, 6.45) is 5.51. The third-order valence-corrected chi connectivity index (χ3v) is 3.09. The van der Waals surface area contributed by atoms with Gasteiger partial charge >= 0.3 is 0 Å². The lowest BCUT2D eigenvalue weighted by molar-refractivity contribution is -0.120. The van der Waals surface area contributed by atoms with Gasteiger partial charge in [-0.15, -0.1) is 12.4 Å². The van der Waals surface area contributed by atoms with Gasteiger partial charge in [-0.25, -0.2) is 0 Å². The Kier molecular flexibility index (Phi) is 6.83. The molecule has 0 saturated carbocycles. The van der Waals surface area contributed by atoms with Crippen LogP contribution in [-0.4, -0.2) is 42.5 Å². The summed E-state index contributed by atoms with van der Waals surface area (Å²) >= 11 is 0. The Morgan fingerprint density at radius 3 is 3.21 bits per heavy atom. The molecule has 1 aliphatic heterocycles. The number of aromatic nitrogens is 2. The molecule has 2 N–H and O–H groups in total. The number of methoxy groups -OCH3 is 1. The molecule has 6 nitrogen and oxygen atoms in total. The van der Waals surface area contributed by atoms with Crippen LogP contribution >= 0.6 is 12.4 Å². The Labute approximate surface area is 119 Å². The van der Waals surface area contributed by atoms with E-state index in [0.717, 1.165) is 31.6 Å². The van der Waals surface area contributed by atoms with Crippen molar-refractivity contribution in [1.29, 1.82) is 0 Å². The van der Waals surface area contributed by atoms with Crippen molar-refractivity contribution in [2.75, 3.05) is 32.1 Å². The molecule has 108 valence electrons. The van der Waals surface area contributed by atoms with E-state index >= 15 is 0 Å². The number of hydrogen-bond donors (Lipinski definition) is 2. The second-order valence-corrected chi connectivity index (χ2v) is 4.52. The van der Waals surface area contributed by atoms with Crippen molar-refractivity contribution in [3.63, 3.8) is 0 Å². The Bertz CT molecular complexity index is 391. The molecule has 1 fully saturated rings. The Morgan fingerprint density at radius 1 is 1.68 bits per heavy atom. The number of anilines is 1. The summed E-state index contributed by atoms with van der Waals surface area (Å²) in [6.45, 7) is 3.08. The van der Waals surface area contributed by atoms with Gasteiger partial charge in [0.05, 0.1) is 31.0 Å². The Balaban J connectivity index is 0.00000180. The lowest BCUT2D eigenvalue weighted by atomic mass is 9.99. The summed E-state index contributed by atoms with van der Waals surface area (Å²) in [4.78, 5) is 12.0. The van der Waals surface area contributed by atoms with Gasteiger partial charge in [-0.2, -0.15) is 5.10 Å². The molecule has 1 aromatic rings. The predicted molar refractivity (Wildman–Crippen MR) is 75.6 cm³/mol. The highest BCUT2D eigenvalue weighted by Crippen LogP contribution is 2.13. The van der Waals surface area contributed by atoms with Crippen molar-refractivity contribution in [3.8, 4) is 0 Å². The molecule has 0 radical (unpaired) electrons. The second kappa shape index (κ2) is 8.14. The molecule has 1 saturated heterocycles. The van der Waals surface area contributed by atoms with Crippen LogP contribution in [0.15, 0.2) is 12.4 Å². The maximum absolute atomic E-state index is 12.0. The topological polar surface area (TPSA) is 68.2 Å². The number of ether oxygens (including phenoxy) is 1. The normalized spacial score (nSPS) is 18.7. The third-order valence-electron chi connectivity index (χ3n) is 3.09. The number of amides is 1. The summed E-state index contributed by atoms with van der Waals surface area (Å²) in [7, 11) is 1.66. The minimum atomic E-state index is 0. The van der Waals surface area contributed by atoms with Crippen LogP contribution in [-0.2, 0) is 16.1 Å². The first-order chi connectivity index (χ1) is 8.79. The number of rotatable bonds is 5. The van der Waals surface area contributed by atoms with Crippen molar-refractivity contribution in [2.24, 2.45) is 5.92 Å². The number of piperidine rings is 1. The summed E-state index contributed by atoms with van der Waals surface area (Å²) in [5.74, 6) is 0.148. The average molecular weight is 289 g/mol. The number of carbonyl (C=O) groups is 1. The van der Waals surface area contributed by atoms with Crippen molar-refractivity contribution in [1.82, 2.24) is 15.1 Å². The smallest absolute Gasteiger partial charge is 0.228 e. The van der Waals surface area contributed by atoms with E-state index in [4.69, 9.17) is 4.74 Å². The van der Waals surface area contributed by atoms with Crippen molar-refractivity contribution >= 4 is 24.0 Å². The molecule has 2 heterocycles. The fourth-order valence-corrected chi connectivity index (χ4v) is 2.06. The van der Waals surface area contributed by atoms with Gasteiger partial charge in [0.1, 0.15) is 0 Å². The number of halogens is 1. The molecular weight excluding hydrogens is 268 g/mol. The number of hydrogen-bond acceptors (Lipinski definition) is 4. The predicted octanol–water partition coefficient (Wildman–Crippen LogP) is 0.889. The molecule has 1 atom stereocenters. The Hall–Kier alpha value is -1.11. The molecular formula is C12H21ClN4O2. The number of nitrogens with zero attached hydrogens (tertiary/aromatic N) is 2. The molecule has 1 amide bonds. The van der Waals surface area contributed by atoms with Gasteiger partial charge in [-0.3, -0.25) is 9.48 Å². The fraction of sp³-hybridized carbons (Fsp3) is 0.667. The first-order valence-corrected chi connectivity index (χ1v) is 6.32. The largest absolute Gasteiger partial charge is 0.383 e. The highest BCUT2D eigenvalue weighted by molar-refractivity contribution is 5.92. The highest BCUT2D eigenvalue weighted by Gasteiger charge is 2.21. The lowest BCUT2D eigenvalue weighted by Crippen LogP contribution is -2.37. The number of carbonyl (C=O) groups excluding carboxylic acids is 1. The van der Waals surface area contributed by atoms with Crippen LogP contribution in [0.25, 0.3) is 0 Å². The standard InChI is InChI=1S/C12H20N4O2.ClH/c1-18-6-5-16-9-11(8-14-16)15-12(17)10-3-2-4-13-7-10;/h8-10,13H,2-7H2,1H3,(H,15,17);1H. The first kappa shape index (κ1) is 15.9. The first-order valence-electron chi connectivity index (χ1n) is 6.32. The van der Waals surface area contributed by atoms with Gasteiger partial charge in [0, 0.05) is 19.9 Å².